The number of amides is 1. The molecular weight excluding hydrogens is 366 g/mol. The third-order valence-corrected chi connectivity index (χ3v) is 5.36. The lowest BCUT2D eigenvalue weighted by atomic mass is 9.97. The quantitative estimate of drug-likeness (QED) is 0.733. The Kier molecular flexibility index (Phi) is 6.74. The average molecular weight is 389 g/mol. The highest BCUT2D eigenvalue weighted by atomic mass is 32.2. The number of hydrogen-bond donors (Lipinski definition) is 1. The first kappa shape index (κ1) is 20.6. The molecule has 1 atom stereocenters. The normalized spacial score (nSPS) is 12.3. The zero-order valence-electron chi connectivity index (χ0n) is 15.6. The van der Waals surface area contributed by atoms with E-state index in [-0.39, 0.29) is 16.4 Å². The second-order valence-electron chi connectivity index (χ2n) is 6.32. The average Bonchev–Trinajstić information content (AvgIpc) is 2.65. The van der Waals surface area contributed by atoms with Crippen molar-refractivity contribution in [2.24, 2.45) is 0 Å². The molecule has 0 radical (unpaired) electrons. The molecule has 1 amide bonds. The largest absolute Gasteiger partial charge is 0.452 e. The van der Waals surface area contributed by atoms with Gasteiger partial charge in [-0.15, -0.1) is 0 Å². The summed E-state index contributed by atoms with van der Waals surface area (Å²) >= 11 is 0. The number of ether oxygens (including phenoxy) is 1. The third-order valence-electron chi connectivity index (χ3n) is 4.23. The van der Waals surface area contributed by atoms with Crippen LogP contribution in [0.1, 0.15) is 42.1 Å². The second kappa shape index (κ2) is 8.81. The van der Waals surface area contributed by atoms with Crippen molar-refractivity contribution in [2.75, 3.05) is 18.2 Å². The molecule has 0 saturated heterocycles. The molecule has 0 aromatic heterocycles. The minimum absolute atomic E-state index is 0.110. The highest BCUT2D eigenvalue weighted by Crippen LogP contribution is 2.26. The molecule has 27 heavy (non-hydrogen) atoms. The van der Waals surface area contributed by atoms with Gasteiger partial charge in [-0.25, -0.2) is 13.2 Å². The first-order valence-electron chi connectivity index (χ1n) is 8.58. The SMILES string of the molecule is CC[C@H](C)c1ccccc1NC(=O)COC(=O)c1ccc(S(C)(=O)=O)cc1. The molecule has 1 N–H and O–H groups in total. The number of carbonyl (C=O) groups excluding carboxylic acids is 2. The van der Waals surface area contributed by atoms with Gasteiger partial charge in [0.1, 0.15) is 0 Å². The standard InChI is InChI=1S/C20H23NO5S/c1-4-14(2)17-7-5-6-8-18(17)21-19(22)13-26-20(23)15-9-11-16(12-10-15)27(3,24)25/h5-12,14H,4,13H2,1-3H3,(H,21,22)/t14-/m0/s1. The zero-order valence-corrected chi connectivity index (χ0v) is 16.4. The van der Waals surface area contributed by atoms with E-state index in [1.54, 1.807) is 0 Å². The fourth-order valence-corrected chi connectivity index (χ4v) is 3.13. The van der Waals surface area contributed by atoms with Crippen LogP contribution in [0.3, 0.4) is 0 Å². The summed E-state index contributed by atoms with van der Waals surface area (Å²) in [7, 11) is -3.34. The Bertz CT molecular complexity index is 920. The first-order valence-corrected chi connectivity index (χ1v) is 10.5. The second-order valence-corrected chi connectivity index (χ2v) is 8.33. The van der Waals surface area contributed by atoms with E-state index in [1.807, 2.05) is 24.3 Å². The van der Waals surface area contributed by atoms with Gasteiger partial charge in [0.05, 0.1) is 10.5 Å². The van der Waals surface area contributed by atoms with Crippen LogP contribution >= 0.6 is 0 Å². The summed E-state index contributed by atoms with van der Waals surface area (Å²) in [6.07, 6.45) is 2.02. The van der Waals surface area contributed by atoms with Crippen molar-refractivity contribution < 1.29 is 22.7 Å². The van der Waals surface area contributed by atoms with E-state index in [9.17, 15) is 18.0 Å². The summed E-state index contributed by atoms with van der Waals surface area (Å²) in [6, 6.07) is 12.9. The lowest BCUT2D eigenvalue weighted by Crippen LogP contribution is -2.21. The number of carbonyl (C=O) groups is 2. The summed E-state index contributed by atoms with van der Waals surface area (Å²) in [4.78, 5) is 24.3. The fraction of sp³-hybridized carbons (Fsp3) is 0.300. The monoisotopic (exact) mass is 389 g/mol. The summed E-state index contributed by atoms with van der Waals surface area (Å²) in [5, 5.41) is 2.77. The molecule has 2 rings (SSSR count). The maximum Gasteiger partial charge on any atom is 0.338 e. The van der Waals surface area contributed by atoms with Crippen LogP contribution < -0.4 is 5.32 Å². The molecule has 0 saturated carbocycles. The first-order chi connectivity index (χ1) is 12.7. The highest BCUT2D eigenvalue weighted by Gasteiger charge is 2.14. The summed E-state index contributed by atoms with van der Waals surface area (Å²) in [6.45, 7) is 3.72. The van der Waals surface area contributed by atoms with Gasteiger partial charge in [0.15, 0.2) is 16.4 Å². The number of nitrogens with one attached hydrogen (secondary N) is 1. The molecule has 6 nitrogen and oxygen atoms in total. The molecule has 0 bridgehead atoms. The molecule has 7 heteroatoms. The van der Waals surface area contributed by atoms with Crippen molar-refractivity contribution in [2.45, 2.75) is 31.1 Å². The molecule has 0 aliphatic heterocycles. The minimum Gasteiger partial charge on any atom is -0.452 e. The van der Waals surface area contributed by atoms with Gasteiger partial charge < -0.3 is 10.1 Å². The summed E-state index contributed by atoms with van der Waals surface area (Å²) < 4.78 is 27.9. The van der Waals surface area contributed by atoms with Crippen LogP contribution in [-0.2, 0) is 19.4 Å². The zero-order chi connectivity index (χ0) is 20.0. The number of rotatable bonds is 7. The number of esters is 1. The van der Waals surface area contributed by atoms with Crippen molar-refractivity contribution >= 4 is 27.4 Å². The van der Waals surface area contributed by atoms with Crippen LogP contribution in [-0.4, -0.2) is 33.2 Å². The number of anilines is 1. The number of para-hydroxylation sites is 1. The molecular formula is C20H23NO5S. The lowest BCUT2D eigenvalue weighted by molar-refractivity contribution is -0.119. The van der Waals surface area contributed by atoms with Gasteiger partial charge in [-0.2, -0.15) is 0 Å². The third kappa shape index (κ3) is 5.65. The van der Waals surface area contributed by atoms with Crippen molar-refractivity contribution in [3.05, 3.63) is 59.7 Å². The van der Waals surface area contributed by atoms with Crippen LogP contribution in [0.4, 0.5) is 5.69 Å². The Hall–Kier alpha value is -2.67. The van der Waals surface area contributed by atoms with Crippen molar-refractivity contribution in [3.63, 3.8) is 0 Å². The number of sulfone groups is 1. The highest BCUT2D eigenvalue weighted by molar-refractivity contribution is 7.90. The number of hydrogen-bond acceptors (Lipinski definition) is 5. The van der Waals surface area contributed by atoms with Crippen LogP contribution in [0, 0.1) is 0 Å². The molecule has 0 aliphatic rings. The van der Waals surface area contributed by atoms with Gasteiger partial charge >= 0.3 is 5.97 Å². The van der Waals surface area contributed by atoms with Gasteiger partial charge in [-0.05, 0) is 48.2 Å². The molecule has 0 spiro atoms. The van der Waals surface area contributed by atoms with Crippen LogP contribution in [0.5, 0.6) is 0 Å². The predicted octanol–water partition coefficient (Wildman–Crippen LogP) is 3.40. The van der Waals surface area contributed by atoms with Crippen molar-refractivity contribution in [1.29, 1.82) is 0 Å². The molecule has 0 aliphatic carbocycles. The van der Waals surface area contributed by atoms with E-state index in [0.717, 1.165) is 18.2 Å². The van der Waals surface area contributed by atoms with Gasteiger partial charge in [0, 0.05) is 11.9 Å². The van der Waals surface area contributed by atoms with E-state index >= 15 is 0 Å². The van der Waals surface area contributed by atoms with Crippen LogP contribution in [0.15, 0.2) is 53.4 Å². The Morgan fingerprint density at radius 1 is 1.07 bits per heavy atom. The Morgan fingerprint density at radius 2 is 1.70 bits per heavy atom. The molecule has 0 heterocycles. The van der Waals surface area contributed by atoms with Gasteiger partial charge in [0.25, 0.3) is 5.91 Å². The Balaban J connectivity index is 1.97. The van der Waals surface area contributed by atoms with Gasteiger partial charge in [0.2, 0.25) is 0 Å². The number of benzene rings is 2. The summed E-state index contributed by atoms with van der Waals surface area (Å²) in [5.74, 6) is -0.843. The van der Waals surface area contributed by atoms with E-state index in [2.05, 4.69) is 19.2 Å². The molecule has 0 fully saturated rings. The lowest BCUT2D eigenvalue weighted by Gasteiger charge is -2.15. The molecule has 2 aromatic rings. The van der Waals surface area contributed by atoms with Crippen LogP contribution in [0.25, 0.3) is 0 Å². The maximum absolute atomic E-state index is 12.1. The Morgan fingerprint density at radius 3 is 2.30 bits per heavy atom. The van der Waals surface area contributed by atoms with Gasteiger partial charge in [-0.3, -0.25) is 4.79 Å². The summed E-state index contributed by atoms with van der Waals surface area (Å²) in [5.41, 5.74) is 1.90. The maximum atomic E-state index is 12.1. The Labute approximate surface area is 159 Å². The van der Waals surface area contributed by atoms with E-state index in [0.29, 0.717) is 5.69 Å². The minimum atomic E-state index is -3.34. The molecule has 0 unspecified atom stereocenters. The van der Waals surface area contributed by atoms with Crippen LogP contribution in [0.2, 0.25) is 0 Å². The van der Waals surface area contributed by atoms with Gasteiger partial charge in [-0.1, -0.05) is 32.0 Å². The molecule has 144 valence electrons. The van der Waals surface area contributed by atoms with Crippen molar-refractivity contribution in [3.8, 4) is 0 Å². The fourth-order valence-electron chi connectivity index (χ4n) is 2.50. The van der Waals surface area contributed by atoms with Crippen molar-refractivity contribution in [1.82, 2.24) is 0 Å². The van der Waals surface area contributed by atoms with E-state index in [4.69, 9.17) is 4.74 Å². The molecule has 2 aromatic carbocycles. The smallest absolute Gasteiger partial charge is 0.338 e. The van der Waals surface area contributed by atoms with E-state index < -0.39 is 28.3 Å². The topological polar surface area (TPSA) is 89.5 Å². The predicted molar refractivity (Wildman–Crippen MR) is 104 cm³/mol. The van der Waals surface area contributed by atoms with E-state index in [1.165, 1.54) is 24.3 Å².